The standard InChI is InChI=1S/C14H16N4O4.C10H10N4O2.C10H12N4.C9H8N4O2.C2H5I.C2H6.CH3.5HI.2V/c1-14(2,3)22-13(19)17-7-6-16-11-5-4-9(18(20)21)8-10(11)15-12(16)17;1-12-4-5-13-9-3-2-7(14(15)16)6-8(9)11-10(12)13;1-13-4-5-14-9-3-2-7(11)6-8(9)12-10(13)14;14-13(15)6-1-2-8-7(5-6)11-9-10-3-4-12(8)9;1-2-3;1-2;;;;;;;;/h4-5,8H,6-7H2,1-3H3;2-3,6H,4-5H2,1H3;2-3,6H,4-5,11H2,1H3;1-2,5H,3-4H2,(H,10,11);2H2,1H3;1-2H3;1H3;5*1H;;/q;;;;;;-1;;;;;;+2;+3/p-5. The zero-order chi connectivity index (χ0) is 58.5. The number of nitro groups is 3. The monoisotopic (exact) mass is 1850 g/mol. The molecule has 4 aromatic carbocycles. The number of imidazole rings is 4. The second-order valence-electron chi connectivity index (χ2n) is 17.7. The van der Waals surface area contributed by atoms with Crippen molar-refractivity contribution in [1.29, 1.82) is 0 Å². The summed E-state index contributed by atoms with van der Waals surface area (Å²) in [5, 5.41) is 35.2. The van der Waals surface area contributed by atoms with Gasteiger partial charge in [0.1, 0.15) is 5.60 Å². The van der Waals surface area contributed by atoms with Gasteiger partial charge in [-0.25, -0.2) is 29.6 Å². The van der Waals surface area contributed by atoms with Crippen LogP contribution in [0.4, 0.5) is 51.3 Å². The van der Waals surface area contributed by atoms with Crippen LogP contribution in [-0.4, -0.2) is 109 Å². The second kappa shape index (κ2) is 32.3. The molecule has 3 N–H and O–H groups in total. The Balaban J connectivity index is 0.000000216. The van der Waals surface area contributed by atoms with Crippen molar-refractivity contribution >= 4 is 219 Å². The van der Waals surface area contributed by atoms with Crippen LogP contribution in [0.5, 0.6) is 0 Å². The van der Waals surface area contributed by atoms with E-state index in [9.17, 15) is 35.1 Å². The number of amides is 1. The summed E-state index contributed by atoms with van der Waals surface area (Å²) in [5.74, 6) is 3.19. The number of nitrogens with zero attached hydrogens (tertiary/aromatic N) is 14. The van der Waals surface area contributed by atoms with Gasteiger partial charge in [-0.05, 0) is 61.6 Å². The third-order valence-corrected chi connectivity index (χ3v) is 11.6. The maximum absolute atomic E-state index is 12.2. The number of halogens is 6. The van der Waals surface area contributed by atoms with Gasteiger partial charge in [0.25, 0.3) is 17.1 Å². The van der Waals surface area contributed by atoms with E-state index in [4.69, 9.17) is 10.5 Å². The van der Waals surface area contributed by atoms with E-state index in [1.807, 2.05) is 53.1 Å². The van der Waals surface area contributed by atoms with Crippen LogP contribution in [0.2, 0.25) is 0 Å². The molecule has 0 atom stereocenters. The molecule has 80 heavy (non-hydrogen) atoms. The average Bonchev–Trinajstić information content (AvgIpc) is 4.28. The van der Waals surface area contributed by atoms with Gasteiger partial charge in [-0.1, -0.05) is 43.4 Å². The van der Waals surface area contributed by atoms with Gasteiger partial charge in [0, 0.05) is 102 Å². The molecule has 1 amide bonds. The Bertz CT molecular complexity index is 3420. The van der Waals surface area contributed by atoms with E-state index >= 15 is 0 Å². The third kappa shape index (κ3) is 18.0. The molecule has 0 spiro atoms. The fourth-order valence-corrected chi connectivity index (χ4v) is 8.38. The van der Waals surface area contributed by atoms with Gasteiger partial charge in [0.2, 0.25) is 23.8 Å². The number of carbonyl (C=O) groups excluding carboxylic acids is 1. The molecule has 0 saturated carbocycles. The topological polar surface area (TPSA) is 275 Å². The number of nitro benzene ring substituents is 3. The Morgan fingerprint density at radius 2 is 1.00 bits per heavy atom. The Morgan fingerprint density at radius 1 is 0.650 bits per heavy atom. The number of hydrogen-bond acceptors (Lipinski definition) is 16. The number of carbonyl (C=O) groups is 1. The van der Waals surface area contributed by atoms with Crippen molar-refractivity contribution in [2.24, 2.45) is 0 Å². The first-order valence-electron chi connectivity index (χ1n) is 24.1. The molecular weight excluding hydrogens is 1790 g/mol. The van der Waals surface area contributed by atoms with E-state index in [0.29, 0.717) is 45.1 Å². The summed E-state index contributed by atoms with van der Waals surface area (Å²) in [5.41, 5.74) is 12.8. The Hall–Kier alpha value is -3.02. The van der Waals surface area contributed by atoms with Crippen LogP contribution in [0.3, 0.4) is 0 Å². The molecule has 0 fully saturated rings. The molecule has 24 nitrogen and oxygen atoms in total. The van der Waals surface area contributed by atoms with Gasteiger partial charge in [0.05, 0.1) is 65.4 Å². The first kappa shape index (κ1) is 69.5. The summed E-state index contributed by atoms with van der Waals surface area (Å²) in [6.45, 7) is 18.2. The Kier molecular flexibility index (Phi) is 28.1. The molecule has 433 valence electrons. The summed E-state index contributed by atoms with van der Waals surface area (Å²) in [6.07, 6.45) is -0.462. The first-order valence-corrected chi connectivity index (χ1v) is 48.2. The van der Waals surface area contributed by atoms with Crippen molar-refractivity contribution in [3.63, 3.8) is 0 Å². The number of non-ortho nitro benzene ring substituents is 3. The number of anilines is 5. The number of likely N-dealkylation sites (N-methyl/N-ethyl adjacent to an activating group) is 2. The van der Waals surface area contributed by atoms with E-state index in [1.165, 1.54) is 51.2 Å². The molecule has 4 aliphatic rings. The van der Waals surface area contributed by atoms with Crippen molar-refractivity contribution in [3.05, 3.63) is 111 Å². The van der Waals surface area contributed by atoms with Crippen LogP contribution in [0.25, 0.3) is 44.1 Å². The summed E-state index contributed by atoms with van der Waals surface area (Å²) >= 11 is 14.4. The van der Waals surface area contributed by atoms with Crippen molar-refractivity contribution in [3.8, 4) is 0 Å². The summed E-state index contributed by atoms with van der Waals surface area (Å²) in [7, 11) is 4.66. The van der Waals surface area contributed by atoms with Gasteiger partial charge < -0.3 is 51.3 Å². The van der Waals surface area contributed by atoms with Crippen molar-refractivity contribution < 1.29 is 38.7 Å². The van der Waals surface area contributed by atoms with Gasteiger partial charge in [-0.15, -0.1) is 0 Å². The molecule has 0 radical (unpaired) electrons. The second-order valence-corrected chi connectivity index (χ2v) is 66.4. The van der Waals surface area contributed by atoms with Crippen LogP contribution in [-0.2, 0) is 45.3 Å². The Morgan fingerprint density at radius 3 is 1.41 bits per heavy atom. The predicted molar refractivity (Wildman–Crippen MR) is 364 cm³/mol. The number of rotatable bonds is 3. The van der Waals surface area contributed by atoms with Gasteiger partial charge >= 0.3 is 120 Å². The molecule has 4 aromatic heterocycles. The summed E-state index contributed by atoms with van der Waals surface area (Å²) in [6, 6.07) is 20.0. The SMILES string of the molecule is CC.CC(C)(C)OC(=O)N1CCn2c1nc1cc([N+](=O)[O-])ccc12.CCI.CN1CCn2c1nc1cc(N)ccc12.CN1CCn2c1nc1cc([N+](=O)[O-])ccc12.O=[N+]([O-])c1ccc2c(c1)nc1n2CCN1.[CH3-].[I][V]([I])[I].[I][V][I]. The molecule has 0 saturated heterocycles. The van der Waals surface area contributed by atoms with E-state index < -0.39 is 26.5 Å². The predicted octanol–water partition coefficient (Wildman–Crippen LogP) is 13.9. The quantitative estimate of drug-likeness (QED) is 0.0415. The third-order valence-electron chi connectivity index (χ3n) is 11.6. The minimum absolute atomic E-state index is 0. The molecule has 0 unspecified atom stereocenters. The van der Waals surface area contributed by atoms with Gasteiger partial charge in [-0.2, -0.15) is 0 Å². The number of nitrogens with one attached hydrogen (secondary N) is 1. The zero-order valence-corrected chi connectivity index (χ0v) is 60.8. The first-order chi connectivity index (χ1) is 37.5. The van der Waals surface area contributed by atoms with Crippen LogP contribution in [0.15, 0.2) is 72.8 Å². The molecule has 4 aliphatic heterocycles. The summed E-state index contributed by atoms with van der Waals surface area (Å²) < 4.78 is 14.8. The van der Waals surface area contributed by atoms with Crippen molar-refractivity contribution in [2.75, 3.05) is 70.5 Å². The van der Waals surface area contributed by atoms with Crippen molar-refractivity contribution in [2.45, 2.75) is 73.3 Å². The Labute approximate surface area is 543 Å². The zero-order valence-electron chi connectivity index (χ0n) is 45.1. The van der Waals surface area contributed by atoms with Crippen LogP contribution in [0, 0.1) is 37.8 Å². The van der Waals surface area contributed by atoms with Gasteiger partial charge in [0.15, 0.2) is 0 Å². The van der Waals surface area contributed by atoms with Crippen LogP contribution >= 0.6 is 122 Å². The number of alkyl halides is 1. The molecule has 32 heteroatoms. The number of nitrogens with two attached hydrogens (primary N) is 1. The fraction of sp³-hybridized carbons (Fsp3) is 0.375. The van der Waals surface area contributed by atoms with Crippen LogP contribution < -0.4 is 25.8 Å². The van der Waals surface area contributed by atoms with E-state index in [-0.39, 0.29) is 29.4 Å². The fourth-order valence-electron chi connectivity index (χ4n) is 8.38. The molecule has 8 aromatic rings. The molecule has 0 aliphatic carbocycles. The molecule has 0 bridgehead atoms. The van der Waals surface area contributed by atoms with Crippen molar-refractivity contribution in [1.82, 2.24) is 38.2 Å². The number of ether oxygens (including phenoxy) is 1. The van der Waals surface area contributed by atoms with Gasteiger partial charge in [-0.3, -0.25) is 30.3 Å². The molecule has 8 heterocycles. The normalized spacial score (nSPS) is 13.0. The minimum atomic E-state index is -0.588. The van der Waals surface area contributed by atoms with E-state index in [2.05, 4.69) is 176 Å². The number of aromatic nitrogens is 8. The number of nitrogen functional groups attached to an aromatic ring is 1. The molecule has 12 rings (SSSR count). The number of hydrogen-bond donors (Lipinski definition) is 2. The molecular formula is C48H60I6N16O8V2-. The number of fused-ring (bicyclic) bond motifs is 12. The summed E-state index contributed by atoms with van der Waals surface area (Å²) in [4.78, 5) is 66.0. The number of benzene rings is 4. The van der Waals surface area contributed by atoms with E-state index in [0.717, 1.165) is 84.9 Å². The average molecular weight is 1850 g/mol. The maximum atomic E-state index is 12.2. The van der Waals surface area contributed by atoms with Crippen LogP contribution in [0.1, 0.15) is 41.5 Å². The van der Waals surface area contributed by atoms with E-state index in [1.54, 1.807) is 39.0 Å².